The van der Waals surface area contributed by atoms with Gasteiger partial charge in [0.25, 0.3) is 11.6 Å². The van der Waals surface area contributed by atoms with E-state index in [-0.39, 0.29) is 11.7 Å². The first-order valence-corrected chi connectivity index (χ1v) is 11.5. The highest BCUT2D eigenvalue weighted by molar-refractivity contribution is 7.87. The van der Waals surface area contributed by atoms with Crippen molar-refractivity contribution in [3.05, 3.63) is 81.5 Å². The van der Waals surface area contributed by atoms with Crippen molar-refractivity contribution < 1.29 is 31.1 Å². The second-order valence-corrected chi connectivity index (χ2v) is 9.17. The number of nitro benzene ring substituents is 1. The molecule has 4 rings (SSSR count). The fraction of sp³-hybridized carbons (Fsp3) is 0.238. The summed E-state index contributed by atoms with van der Waals surface area (Å²) in [6, 6.07) is 9.39. The molecule has 1 unspecified atom stereocenters. The highest BCUT2D eigenvalue weighted by Gasteiger charge is 2.31. The largest absolute Gasteiger partial charge is 0.307 e. The minimum absolute atomic E-state index is 0.0973. The van der Waals surface area contributed by atoms with E-state index in [0.717, 1.165) is 18.2 Å². The molecule has 0 saturated heterocycles. The summed E-state index contributed by atoms with van der Waals surface area (Å²) in [6.07, 6.45) is -0.970. The Hall–Kier alpha value is -3.71. The monoisotopic (exact) mass is 492 g/mol. The Morgan fingerprint density at radius 1 is 1.24 bits per heavy atom. The second-order valence-electron chi connectivity index (χ2n) is 7.63. The summed E-state index contributed by atoms with van der Waals surface area (Å²) in [5, 5.41) is 17.8. The van der Waals surface area contributed by atoms with Gasteiger partial charge in [0, 0.05) is 36.4 Å². The van der Waals surface area contributed by atoms with Crippen molar-refractivity contribution in [3.63, 3.8) is 0 Å². The number of rotatable bonds is 7. The minimum Gasteiger partial charge on any atom is -0.307 e. The number of amides is 1. The molecule has 0 aliphatic carbocycles. The van der Waals surface area contributed by atoms with Crippen LogP contribution in [0.2, 0.25) is 0 Å². The summed E-state index contributed by atoms with van der Waals surface area (Å²) in [6.45, 7) is 1.62. The predicted molar refractivity (Wildman–Crippen MR) is 115 cm³/mol. The van der Waals surface area contributed by atoms with Crippen LogP contribution in [0.15, 0.2) is 53.4 Å². The van der Waals surface area contributed by atoms with Gasteiger partial charge in [-0.2, -0.15) is 13.5 Å². The summed E-state index contributed by atoms with van der Waals surface area (Å²) in [5.41, 5.74) is 0.378. The zero-order valence-corrected chi connectivity index (χ0v) is 18.5. The van der Waals surface area contributed by atoms with Crippen LogP contribution < -0.4 is 5.32 Å². The summed E-state index contributed by atoms with van der Waals surface area (Å²) >= 11 is 0. The molecule has 0 bridgehead atoms. The first kappa shape index (κ1) is 23.4. The summed E-state index contributed by atoms with van der Waals surface area (Å²) in [5.74, 6) is -2.50. The standard InChI is InChI=1S/C21H18F2N4O6S/c1-12(33-34(31,32)19-5-3-2-4-17(19)27(29)30)21(28)24-20-11-18-16(6-7-26(18)25-20)13-8-14(22)10-15(23)9-13/h2-5,8-12,16H,6-7H2,1H3,(H,24,25,28)/t12-,16?/m1/s1. The molecule has 0 saturated carbocycles. The number of hydrogen-bond donors (Lipinski definition) is 1. The number of nitrogens with zero attached hydrogens (tertiary/aromatic N) is 3. The average Bonchev–Trinajstić information content (AvgIpc) is 3.32. The highest BCUT2D eigenvalue weighted by Crippen LogP contribution is 2.36. The average molecular weight is 492 g/mol. The van der Waals surface area contributed by atoms with Crippen LogP contribution in [0.4, 0.5) is 20.3 Å². The zero-order chi connectivity index (χ0) is 24.6. The molecule has 1 N–H and O–H groups in total. The van der Waals surface area contributed by atoms with Crippen LogP contribution in [-0.2, 0) is 25.6 Å². The molecule has 1 aliphatic heterocycles. The molecule has 13 heteroatoms. The van der Waals surface area contributed by atoms with Crippen molar-refractivity contribution in [2.45, 2.75) is 36.8 Å². The van der Waals surface area contributed by atoms with Crippen molar-refractivity contribution in [2.75, 3.05) is 5.32 Å². The van der Waals surface area contributed by atoms with Gasteiger partial charge in [-0.15, -0.1) is 0 Å². The molecule has 3 aromatic rings. The van der Waals surface area contributed by atoms with Crippen LogP contribution in [0.5, 0.6) is 0 Å². The maximum absolute atomic E-state index is 13.6. The third-order valence-corrected chi connectivity index (χ3v) is 6.73. The van der Waals surface area contributed by atoms with E-state index in [9.17, 15) is 32.1 Å². The first-order chi connectivity index (χ1) is 16.0. The van der Waals surface area contributed by atoms with Gasteiger partial charge >= 0.3 is 10.1 Å². The number of nitrogens with one attached hydrogen (secondary N) is 1. The number of aromatic nitrogens is 2. The molecule has 0 radical (unpaired) electrons. The van der Waals surface area contributed by atoms with Gasteiger partial charge in [-0.3, -0.25) is 23.8 Å². The van der Waals surface area contributed by atoms with Gasteiger partial charge in [0.1, 0.15) is 11.6 Å². The van der Waals surface area contributed by atoms with Gasteiger partial charge in [0.2, 0.25) is 0 Å². The Morgan fingerprint density at radius 2 is 1.91 bits per heavy atom. The SMILES string of the molecule is C[C@@H](OS(=O)(=O)c1ccccc1[N+](=O)[O-])C(=O)Nc1cc2n(n1)CCC2c1cc(F)cc(F)c1. The normalized spacial score (nSPS) is 16.1. The molecule has 1 aliphatic rings. The lowest BCUT2D eigenvalue weighted by atomic mass is 9.95. The third kappa shape index (κ3) is 4.65. The van der Waals surface area contributed by atoms with E-state index in [1.807, 2.05) is 0 Å². The number of aryl methyl sites for hydroxylation is 1. The molecule has 178 valence electrons. The second kappa shape index (κ2) is 8.91. The van der Waals surface area contributed by atoms with Crippen molar-refractivity contribution in [3.8, 4) is 0 Å². The quantitative estimate of drug-likeness (QED) is 0.304. The van der Waals surface area contributed by atoms with Crippen molar-refractivity contribution in [2.24, 2.45) is 0 Å². The Kier molecular flexibility index (Phi) is 6.15. The molecule has 0 spiro atoms. The third-order valence-electron chi connectivity index (χ3n) is 5.31. The number of nitro groups is 1. The molecule has 1 amide bonds. The van der Waals surface area contributed by atoms with E-state index in [2.05, 4.69) is 10.4 Å². The van der Waals surface area contributed by atoms with Crippen LogP contribution in [0.25, 0.3) is 0 Å². The smallest absolute Gasteiger partial charge is 0.304 e. The van der Waals surface area contributed by atoms with Crippen molar-refractivity contribution >= 4 is 27.5 Å². The van der Waals surface area contributed by atoms with Crippen LogP contribution in [-0.4, -0.2) is 35.1 Å². The molecule has 0 fully saturated rings. The molecule has 10 nitrogen and oxygen atoms in total. The number of carbonyl (C=O) groups is 1. The fourth-order valence-electron chi connectivity index (χ4n) is 3.80. The topological polar surface area (TPSA) is 133 Å². The zero-order valence-electron chi connectivity index (χ0n) is 17.6. The molecule has 2 heterocycles. The van der Waals surface area contributed by atoms with Gasteiger partial charge < -0.3 is 5.32 Å². The van der Waals surface area contributed by atoms with E-state index in [0.29, 0.717) is 24.2 Å². The van der Waals surface area contributed by atoms with E-state index in [1.165, 1.54) is 37.3 Å². The Balaban J connectivity index is 1.48. The molecule has 2 aromatic carbocycles. The molecule has 34 heavy (non-hydrogen) atoms. The summed E-state index contributed by atoms with van der Waals surface area (Å²) < 4.78 is 58.7. The molecular weight excluding hydrogens is 474 g/mol. The lowest BCUT2D eigenvalue weighted by Crippen LogP contribution is -2.30. The summed E-state index contributed by atoms with van der Waals surface area (Å²) in [7, 11) is -4.62. The van der Waals surface area contributed by atoms with Gasteiger partial charge in [0.05, 0.1) is 4.92 Å². The van der Waals surface area contributed by atoms with Gasteiger partial charge in [-0.1, -0.05) is 12.1 Å². The van der Waals surface area contributed by atoms with E-state index in [4.69, 9.17) is 4.18 Å². The number of benzene rings is 2. The lowest BCUT2D eigenvalue weighted by Gasteiger charge is -2.12. The number of para-hydroxylation sites is 1. The van der Waals surface area contributed by atoms with Crippen molar-refractivity contribution in [1.82, 2.24) is 9.78 Å². The van der Waals surface area contributed by atoms with E-state index < -0.39 is 49.3 Å². The Bertz CT molecular complexity index is 1370. The fourth-order valence-corrected chi connectivity index (χ4v) is 5.01. The minimum atomic E-state index is -4.62. The van der Waals surface area contributed by atoms with Crippen LogP contribution >= 0.6 is 0 Å². The van der Waals surface area contributed by atoms with Crippen LogP contribution in [0.1, 0.15) is 30.5 Å². The van der Waals surface area contributed by atoms with E-state index in [1.54, 1.807) is 4.68 Å². The highest BCUT2D eigenvalue weighted by atomic mass is 32.2. The van der Waals surface area contributed by atoms with Crippen LogP contribution in [0.3, 0.4) is 0 Å². The Morgan fingerprint density at radius 3 is 2.59 bits per heavy atom. The lowest BCUT2D eigenvalue weighted by molar-refractivity contribution is -0.387. The van der Waals surface area contributed by atoms with Gasteiger partial charge in [-0.05, 0) is 37.1 Å². The van der Waals surface area contributed by atoms with Crippen molar-refractivity contribution in [1.29, 1.82) is 0 Å². The number of halogens is 2. The maximum Gasteiger partial charge on any atom is 0.304 e. The molecule has 1 aromatic heterocycles. The number of anilines is 1. The first-order valence-electron chi connectivity index (χ1n) is 10.1. The van der Waals surface area contributed by atoms with Crippen LogP contribution in [0, 0.1) is 21.7 Å². The van der Waals surface area contributed by atoms with Gasteiger partial charge in [-0.25, -0.2) is 8.78 Å². The van der Waals surface area contributed by atoms with Gasteiger partial charge in [0.15, 0.2) is 16.8 Å². The molecule has 2 atom stereocenters. The number of carbonyl (C=O) groups excluding carboxylic acids is 1. The maximum atomic E-state index is 13.6. The Labute approximate surface area is 192 Å². The molecular formula is C21H18F2N4O6S. The van der Waals surface area contributed by atoms with E-state index >= 15 is 0 Å². The number of hydrogen-bond acceptors (Lipinski definition) is 7. The predicted octanol–water partition coefficient (Wildman–Crippen LogP) is 3.34. The number of fused-ring (bicyclic) bond motifs is 1. The summed E-state index contributed by atoms with van der Waals surface area (Å²) in [4.78, 5) is 22.1.